The number of halogens is 1. The number of alkyl halides is 1. The van der Waals surface area contributed by atoms with Crippen LogP contribution in [0.3, 0.4) is 0 Å². The van der Waals surface area contributed by atoms with Crippen LogP contribution in [0, 0.1) is 11.8 Å². The van der Waals surface area contributed by atoms with Crippen LogP contribution >= 0.6 is 0 Å². The van der Waals surface area contributed by atoms with Crippen LogP contribution in [0.15, 0.2) is 0 Å². The van der Waals surface area contributed by atoms with E-state index in [9.17, 15) is 9.18 Å². The van der Waals surface area contributed by atoms with Crippen molar-refractivity contribution in [3.63, 3.8) is 0 Å². The van der Waals surface area contributed by atoms with Crippen molar-refractivity contribution >= 4 is 5.91 Å². The number of piperidine rings is 1. The average molecular weight is 228 g/mol. The Bertz CT molecular complexity index is 245. The van der Waals surface area contributed by atoms with Gasteiger partial charge < -0.3 is 4.90 Å². The molecule has 0 aromatic carbocycles. The molecule has 3 nitrogen and oxygen atoms in total. The molecule has 2 fully saturated rings. The number of hydrogen-bond acceptors (Lipinski definition) is 2. The van der Waals surface area contributed by atoms with Crippen LogP contribution in [0.1, 0.15) is 19.8 Å². The average Bonchev–Trinajstić information content (AvgIpc) is 2.20. The van der Waals surface area contributed by atoms with Gasteiger partial charge in [0.1, 0.15) is 0 Å². The Kier molecular flexibility index (Phi) is 3.79. The lowest BCUT2D eigenvalue weighted by Gasteiger charge is -2.39. The Balaban J connectivity index is 1.68. The number of carbonyl (C=O) groups is 1. The van der Waals surface area contributed by atoms with Gasteiger partial charge >= 0.3 is 0 Å². The summed E-state index contributed by atoms with van der Waals surface area (Å²) in [5.41, 5.74) is 0. The fraction of sp³-hybridized carbons (Fsp3) is 0.917. The number of likely N-dealkylation sites (tertiary alicyclic amines) is 2. The van der Waals surface area contributed by atoms with E-state index in [-0.39, 0.29) is 18.5 Å². The molecule has 0 aromatic heterocycles. The van der Waals surface area contributed by atoms with Gasteiger partial charge in [-0.25, -0.2) is 0 Å². The van der Waals surface area contributed by atoms with Gasteiger partial charge in [0, 0.05) is 19.0 Å². The van der Waals surface area contributed by atoms with Crippen LogP contribution < -0.4 is 0 Å². The van der Waals surface area contributed by atoms with Gasteiger partial charge in [-0.1, -0.05) is 6.92 Å². The predicted molar refractivity (Wildman–Crippen MR) is 60.9 cm³/mol. The molecule has 0 atom stereocenters. The van der Waals surface area contributed by atoms with Gasteiger partial charge in [-0.15, -0.1) is 0 Å². The third-order valence-electron chi connectivity index (χ3n) is 3.76. The first kappa shape index (κ1) is 11.8. The van der Waals surface area contributed by atoms with Crippen molar-refractivity contribution in [3.8, 4) is 0 Å². The van der Waals surface area contributed by atoms with Crippen LogP contribution in [0.25, 0.3) is 0 Å². The minimum Gasteiger partial charge on any atom is -0.341 e. The summed E-state index contributed by atoms with van der Waals surface area (Å²) in [7, 11) is 0. The van der Waals surface area contributed by atoms with Gasteiger partial charge in [-0.05, 0) is 31.8 Å². The third kappa shape index (κ3) is 2.73. The molecule has 0 radical (unpaired) electrons. The van der Waals surface area contributed by atoms with E-state index in [2.05, 4.69) is 11.8 Å². The maximum absolute atomic E-state index is 12.2. The summed E-state index contributed by atoms with van der Waals surface area (Å²) in [5, 5.41) is 0. The van der Waals surface area contributed by atoms with Gasteiger partial charge in [0.25, 0.3) is 0 Å². The molecule has 2 heterocycles. The van der Waals surface area contributed by atoms with Crippen molar-refractivity contribution in [2.24, 2.45) is 11.8 Å². The second-order valence-corrected chi connectivity index (χ2v) is 5.28. The highest BCUT2D eigenvalue weighted by Crippen LogP contribution is 2.18. The number of nitrogens with zero attached hydrogens (tertiary/aromatic N) is 2. The van der Waals surface area contributed by atoms with Crippen LogP contribution in [0.4, 0.5) is 4.39 Å². The lowest BCUT2D eigenvalue weighted by atomic mass is 9.99. The van der Waals surface area contributed by atoms with Crippen LogP contribution in [0.5, 0.6) is 0 Å². The maximum atomic E-state index is 12.2. The summed E-state index contributed by atoms with van der Waals surface area (Å²) in [6.07, 6.45) is 2.39. The lowest BCUT2D eigenvalue weighted by Crippen LogP contribution is -2.54. The van der Waals surface area contributed by atoms with E-state index >= 15 is 0 Å². The molecular weight excluding hydrogens is 207 g/mol. The number of carbonyl (C=O) groups excluding carboxylic acids is 1. The second-order valence-electron chi connectivity index (χ2n) is 5.28. The number of rotatable bonds is 3. The van der Waals surface area contributed by atoms with E-state index < -0.39 is 0 Å². The molecule has 16 heavy (non-hydrogen) atoms. The molecule has 0 spiro atoms. The first-order chi connectivity index (χ1) is 7.69. The van der Waals surface area contributed by atoms with Gasteiger partial charge in [0.15, 0.2) is 0 Å². The third-order valence-corrected chi connectivity index (χ3v) is 3.76. The topological polar surface area (TPSA) is 23.6 Å². The molecule has 2 rings (SSSR count). The highest BCUT2D eigenvalue weighted by atomic mass is 19.1. The molecule has 0 aliphatic carbocycles. The molecule has 92 valence electrons. The van der Waals surface area contributed by atoms with Crippen LogP contribution in [-0.2, 0) is 4.79 Å². The summed E-state index contributed by atoms with van der Waals surface area (Å²) >= 11 is 0. The molecule has 2 aliphatic rings. The van der Waals surface area contributed by atoms with Crippen LogP contribution in [-0.4, -0.2) is 55.1 Å². The molecule has 1 amide bonds. The molecule has 0 bridgehead atoms. The zero-order valence-electron chi connectivity index (χ0n) is 9.99. The molecule has 0 aromatic rings. The number of hydrogen-bond donors (Lipinski definition) is 0. The predicted octanol–water partition coefficient (Wildman–Crippen LogP) is 1.15. The van der Waals surface area contributed by atoms with Crippen LogP contribution in [0.2, 0.25) is 0 Å². The van der Waals surface area contributed by atoms with Crippen molar-refractivity contribution in [1.82, 2.24) is 9.80 Å². The van der Waals surface area contributed by atoms with Gasteiger partial charge in [-0.3, -0.25) is 14.1 Å². The van der Waals surface area contributed by atoms with E-state index in [1.807, 2.05) is 0 Å². The monoisotopic (exact) mass is 228 g/mol. The first-order valence-electron chi connectivity index (χ1n) is 6.25. The number of amides is 1. The molecule has 0 unspecified atom stereocenters. The minimum atomic E-state index is -0.287. The fourth-order valence-corrected chi connectivity index (χ4v) is 2.38. The smallest absolute Gasteiger partial charge is 0.236 e. The Morgan fingerprint density at radius 2 is 1.94 bits per heavy atom. The quantitative estimate of drug-likeness (QED) is 0.723. The zero-order chi connectivity index (χ0) is 11.5. The summed E-state index contributed by atoms with van der Waals surface area (Å²) < 4.78 is 12.2. The van der Waals surface area contributed by atoms with Gasteiger partial charge in [-0.2, -0.15) is 0 Å². The highest BCUT2D eigenvalue weighted by molar-refractivity contribution is 5.79. The fourth-order valence-electron chi connectivity index (χ4n) is 2.38. The van der Waals surface area contributed by atoms with Crippen molar-refractivity contribution in [2.45, 2.75) is 19.8 Å². The maximum Gasteiger partial charge on any atom is 0.236 e. The molecule has 4 heteroatoms. The van der Waals surface area contributed by atoms with E-state index in [4.69, 9.17) is 0 Å². The Morgan fingerprint density at radius 1 is 1.31 bits per heavy atom. The van der Waals surface area contributed by atoms with Crippen molar-refractivity contribution in [3.05, 3.63) is 0 Å². The van der Waals surface area contributed by atoms with E-state index in [1.165, 1.54) is 12.8 Å². The largest absolute Gasteiger partial charge is 0.341 e. The normalized spacial score (nSPS) is 24.5. The van der Waals surface area contributed by atoms with E-state index in [1.54, 1.807) is 4.90 Å². The molecule has 2 aliphatic heterocycles. The van der Waals surface area contributed by atoms with Crippen molar-refractivity contribution < 1.29 is 9.18 Å². The van der Waals surface area contributed by atoms with E-state index in [0.29, 0.717) is 19.6 Å². The minimum absolute atomic E-state index is 0.102. The molecule has 0 N–H and O–H groups in total. The molecule has 0 saturated carbocycles. The highest BCUT2D eigenvalue weighted by Gasteiger charge is 2.31. The summed E-state index contributed by atoms with van der Waals surface area (Å²) in [6.45, 7) is 5.83. The van der Waals surface area contributed by atoms with Crippen molar-refractivity contribution in [2.75, 3.05) is 39.4 Å². The SMILES string of the molecule is CC1CCN(CC(=O)N2CC(CF)C2)CC1. The Morgan fingerprint density at radius 3 is 2.50 bits per heavy atom. The Hall–Kier alpha value is -0.640. The zero-order valence-corrected chi connectivity index (χ0v) is 9.99. The summed E-state index contributed by atoms with van der Waals surface area (Å²) in [6, 6.07) is 0. The van der Waals surface area contributed by atoms with E-state index in [0.717, 1.165) is 19.0 Å². The standard InChI is InChI=1S/C12H21FN2O/c1-10-2-4-14(5-3-10)9-12(16)15-7-11(6-13)8-15/h10-11H,2-9H2,1H3. The van der Waals surface area contributed by atoms with Gasteiger partial charge in [0.05, 0.1) is 13.2 Å². The lowest BCUT2D eigenvalue weighted by molar-refractivity contribution is -0.139. The summed E-state index contributed by atoms with van der Waals surface area (Å²) in [5.74, 6) is 1.08. The van der Waals surface area contributed by atoms with Crippen molar-refractivity contribution in [1.29, 1.82) is 0 Å². The molecular formula is C12H21FN2O. The second kappa shape index (κ2) is 5.13. The molecule has 2 saturated heterocycles. The Labute approximate surface area is 96.6 Å². The first-order valence-corrected chi connectivity index (χ1v) is 6.25. The van der Waals surface area contributed by atoms with Gasteiger partial charge in [0.2, 0.25) is 5.91 Å². The summed E-state index contributed by atoms with van der Waals surface area (Å²) in [4.78, 5) is 15.8.